The summed E-state index contributed by atoms with van der Waals surface area (Å²) in [5, 5.41) is 13.7. The van der Waals surface area contributed by atoms with Crippen molar-refractivity contribution in [1.82, 2.24) is 4.57 Å². The van der Waals surface area contributed by atoms with Crippen LogP contribution in [0.1, 0.15) is 0 Å². The minimum atomic E-state index is -0.422. The lowest BCUT2D eigenvalue weighted by atomic mass is 10.1. The van der Waals surface area contributed by atoms with Gasteiger partial charge < -0.3 is 4.57 Å². The van der Waals surface area contributed by atoms with Gasteiger partial charge in [-0.1, -0.05) is 23.2 Å². The molecule has 0 saturated carbocycles. The second-order valence-electron chi connectivity index (χ2n) is 4.30. The Morgan fingerprint density at radius 2 is 1.79 bits per heavy atom. The van der Waals surface area contributed by atoms with Crippen LogP contribution in [0.5, 0.6) is 0 Å². The van der Waals surface area contributed by atoms with E-state index in [4.69, 9.17) is 23.2 Å². The molecule has 0 spiro atoms. The molecule has 0 aliphatic heterocycles. The normalized spacial score (nSPS) is 11.3. The van der Waals surface area contributed by atoms with Crippen molar-refractivity contribution >= 4 is 50.7 Å². The van der Waals surface area contributed by atoms with Gasteiger partial charge in [-0.05, 0) is 24.3 Å². The van der Waals surface area contributed by atoms with Gasteiger partial charge in [-0.15, -0.1) is 0 Å². The van der Waals surface area contributed by atoms with Gasteiger partial charge in [0.15, 0.2) is 0 Å². The van der Waals surface area contributed by atoms with Crippen LogP contribution in [0.4, 0.5) is 5.69 Å². The Morgan fingerprint density at radius 1 is 1.11 bits per heavy atom. The highest BCUT2D eigenvalue weighted by Crippen LogP contribution is 2.37. The molecule has 0 aliphatic carbocycles. The highest BCUT2D eigenvalue weighted by atomic mass is 35.5. The number of fused-ring (bicyclic) bond motifs is 3. The predicted octanol–water partition coefficient (Wildman–Crippen LogP) is 4.55. The maximum absolute atomic E-state index is 11.2. The molecule has 0 aliphatic rings. The molecular formula is C13H8Cl2N2O2. The predicted molar refractivity (Wildman–Crippen MR) is 77.1 cm³/mol. The number of non-ortho nitro benzene ring substituents is 1. The third-order valence-electron chi connectivity index (χ3n) is 3.20. The number of nitrogens with zero attached hydrogens (tertiary/aromatic N) is 2. The van der Waals surface area contributed by atoms with Gasteiger partial charge in [-0.3, -0.25) is 10.1 Å². The Kier molecular flexibility index (Phi) is 2.66. The molecule has 19 heavy (non-hydrogen) atoms. The first-order chi connectivity index (χ1) is 8.99. The summed E-state index contributed by atoms with van der Waals surface area (Å²) in [6.07, 6.45) is 0. The van der Waals surface area contributed by atoms with Crippen molar-refractivity contribution < 1.29 is 4.92 Å². The average molecular weight is 295 g/mol. The quantitative estimate of drug-likeness (QED) is 0.488. The molecule has 1 aromatic heterocycles. The highest BCUT2D eigenvalue weighted by Gasteiger charge is 2.20. The zero-order valence-corrected chi connectivity index (χ0v) is 11.4. The van der Waals surface area contributed by atoms with E-state index in [0.29, 0.717) is 15.6 Å². The van der Waals surface area contributed by atoms with Gasteiger partial charge in [0.25, 0.3) is 5.69 Å². The largest absolute Gasteiger partial charge is 0.338 e. The fraction of sp³-hybridized carbons (Fsp3) is 0.0769. The molecule has 0 bridgehead atoms. The summed E-state index contributed by atoms with van der Waals surface area (Å²) in [5.41, 5.74) is 1.42. The average Bonchev–Trinajstić information content (AvgIpc) is 2.62. The first kappa shape index (κ1) is 12.3. The highest BCUT2D eigenvalue weighted by molar-refractivity contribution is 6.33. The van der Waals surface area contributed by atoms with Crippen LogP contribution in [-0.2, 0) is 7.05 Å². The number of aryl methyl sites for hydroxylation is 1. The Bertz CT molecular complexity index is 840. The van der Waals surface area contributed by atoms with Gasteiger partial charge >= 0.3 is 0 Å². The van der Waals surface area contributed by atoms with E-state index in [1.54, 1.807) is 29.8 Å². The molecule has 0 amide bonds. The minimum Gasteiger partial charge on any atom is -0.338 e. The van der Waals surface area contributed by atoms with Crippen LogP contribution in [0.15, 0.2) is 30.3 Å². The standard InChI is InChI=1S/C13H8Cl2N2O2/c1-16-11-3-2-7(14)4-9(11)10-5-8(15)6-12(13(10)16)17(18)19/h2-6H,1H3. The first-order valence-electron chi connectivity index (χ1n) is 5.50. The van der Waals surface area contributed by atoms with E-state index in [1.165, 1.54) is 6.07 Å². The second-order valence-corrected chi connectivity index (χ2v) is 5.17. The Labute approximate surface area is 118 Å². The lowest BCUT2D eigenvalue weighted by Gasteiger charge is -1.99. The summed E-state index contributed by atoms with van der Waals surface area (Å²) in [5.74, 6) is 0. The Morgan fingerprint density at radius 3 is 2.47 bits per heavy atom. The number of nitro groups is 1. The van der Waals surface area contributed by atoms with Gasteiger partial charge in [-0.2, -0.15) is 0 Å². The minimum absolute atomic E-state index is 0.00248. The lowest BCUT2D eigenvalue weighted by molar-refractivity contribution is -0.383. The molecule has 4 nitrogen and oxygen atoms in total. The number of hydrogen-bond donors (Lipinski definition) is 0. The van der Waals surface area contributed by atoms with Crippen molar-refractivity contribution in [2.24, 2.45) is 7.05 Å². The van der Waals surface area contributed by atoms with Crippen LogP contribution in [-0.4, -0.2) is 9.49 Å². The first-order valence-corrected chi connectivity index (χ1v) is 6.26. The molecule has 3 rings (SSSR count). The number of aromatic nitrogens is 1. The van der Waals surface area contributed by atoms with Crippen LogP contribution in [0.3, 0.4) is 0 Å². The fourth-order valence-electron chi connectivity index (χ4n) is 2.42. The van der Waals surface area contributed by atoms with Crippen molar-refractivity contribution in [2.75, 3.05) is 0 Å². The van der Waals surface area contributed by atoms with Gasteiger partial charge in [0.1, 0.15) is 5.52 Å². The summed E-state index contributed by atoms with van der Waals surface area (Å²) < 4.78 is 1.79. The van der Waals surface area contributed by atoms with E-state index in [0.717, 1.165) is 16.3 Å². The third-order valence-corrected chi connectivity index (χ3v) is 3.65. The molecule has 96 valence electrons. The zero-order chi connectivity index (χ0) is 13.7. The Balaban J connectivity index is 2.61. The molecule has 0 saturated heterocycles. The molecule has 0 atom stereocenters. The van der Waals surface area contributed by atoms with Crippen molar-refractivity contribution in [1.29, 1.82) is 0 Å². The van der Waals surface area contributed by atoms with Crippen LogP contribution >= 0.6 is 23.2 Å². The summed E-state index contributed by atoms with van der Waals surface area (Å²) >= 11 is 12.0. The van der Waals surface area contributed by atoms with Crippen LogP contribution in [0.2, 0.25) is 10.0 Å². The molecule has 3 aromatic rings. The number of hydrogen-bond acceptors (Lipinski definition) is 2. The van der Waals surface area contributed by atoms with E-state index in [1.807, 2.05) is 6.07 Å². The van der Waals surface area contributed by atoms with Crippen LogP contribution in [0, 0.1) is 10.1 Å². The Hall–Kier alpha value is -1.78. The van der Waals surface area contributed by atoms with Gasteiger partial charge in [0.2, 0.25) is 0 Å². The summed E-state index contributed by atoms with van der Waals surface area (Å²) in [6, 6.07) is 8.48. The molecule has 0 unspecified atom stereocenters. The van der Waals surface area contributed by atoms with Crippen molar-refractivity contribution in [3.05, 3.63) is 50.5 Å². The smallest absolute Gasteiger partial charge is 0.295 e. The van der Waals surface area contributed by atoms with E-state index in [9.17, 15) is 10.1 Å². The fourth-order valence-corrected chi connectivity index (χ4v) is 2.80. The summed E-state index contributed by atoms with van der Waals surface area (Å²) in [4.78, 5) is 10.7. The van der Waals surface area contributed by atoms with Gasteiger partial charge in [0.05, 0.1) is 4.92 Å². The van der Waals surface area contributed by atoms with Crippen molar-refractivity contribution in [2.45, 2.75) is 0 Å². The van der Waals surface area contributed by atoms with E-state index in [-0.39, 0.29) is 5.69 Å². The lowest BCUT2D eigenvalue weighted by Crippen LogP contribution is -1.94. The van der Waals surface area contributed by atoms with Gasteiger partial charge in [0, 0.05) is 39.4 Å². The molecule has 0 radical (unpaired) electrons. The van der Waals surface area contributed by atoms with Crippen molar-refractivity contribution in [3.63, 3.8) is 0 Å². The van der Waals surface area contributed by atoms with E-state index >= 15 is 0 Å². The zero-order valence-electron chi connectivity index (χ0n) is 9.85. The molecule has 2 aromatic carbocycles. The maximum Gasteiger partial charge on any atom is 0.295 e. The maximum atomic E-state index is 11.2. The van der Waals surface area contributed by atoms with Crippen molar-refractivity contribution in [3.8, 4) is 0 Å². The van der Waals surface area contributed by atoms with E-state index < -0.39 is 4.92 Å². The second kappa shape index (κ2) is 4.11. The van der Waals surface area contributed by atoms with Crippen LogP contribution in [0.25, 0.3) is 21.8 Å². The molecular weight excluding hydrogens is 287 g/mol. The van der Waals surface area contributed by atoms with Crippen LogP contribution < -0.4 is 0 Å². The molecule has 0 fully saturated rings. The molecule has 6 heteroatoms. The van der Waals surface area contributed by atoms with E-state index in [2.05, 4.69) is 0 Å². The molecule has 1 heterocycles. The third kappa shape index (κ3) is 1.76. The topological polar surface area (TPSA) is 48.1 Å². The number of rotatable bonds is 1. The summed E-state index contributed by atoms with van der Waals surface area (Å²) in [6.45, 7) is 0. The monoisotopic (exact) mass is 294 g/mol. The summed E-state index contributed by atoms with van der Waals surface area (Å²) in [7, 11) is 1.79. The molecule has 0 N–H and O–H groups in total. The number of benzene rings is 2. The number of nitro benzene ring substituents is 1. The van der Waals surface area contributed by atoms with Gasteiger partial charge in [-0.25, -0.2) is 0 Å². The number of halogens is 2. The SMILES string of the molecule is Cn1c2ccc(Cl)cc2c2cc(Cl)cc([N+](=O)[O-])c21.